The normalized spacial score (nSPS) is 13.6. The van der Waals surface area contributed by atoms with Gasteiger partial charge in [0.15, 0.2) is 5.65 Å². The second-order valence-corrected chi connectivity index (χ2v) is 5.17. The maximum atomic E-state index is 4.70. The molecule has 0 atom stereocenters. The number of hydrogen-bond acceptors (Lipinski definition) is 3. The fourth-order valence-corrected chi connectivity index (χ4v) is 3.18. The Morgan fingerprint density at radius 2 is 2.00 bits per heavy atom. The highest BCUT2D eigenvalue weighted by Crippen LogP contribution is 2.36. The first-order valence-electron chi connectivity index (χ1n) is 6.70. The van der Waals surface area contributed by atoms with Gasteiger partial charge in [0.2, 0.25) is 0 Å². The number of fused-ring (bicyclic) bond motifs is 4. The summed E-state index contributed by atoms with van der Waals surface area (Å²) in [7, 11) is 0. The largest absolute Gasteiger partial charge is 0.299 e. The minimum atomic E-state index is 0.722. The Morgan fingerprint density at radius 1 is 1.05 bits per heavy atom. The lowest BCUT2D eigenvalue weighted by Gasteiger charge is -2.03. The van der Waals surface area contributed by atoms with Gasteiger partial charge in [0.05, 0.1) is 28.5 Å². The highest BCUT2D eigenvalue weighted by Gasteiger charge is 2.21. The lowest BCUT2D eigenvalue weighted by Crippen LogP contribution is -1.94. The van der Waals surface area contributed by atoms with Crippen molar-refractivity contribution in [2.75, 3.05) is 0 Å². The Hall–Kier alpha value is -2.69. The smallest absolute Gasteiger partial charge is 0.185 e. The molecule has 96 valence electrons. The van der Waals surface area contributed by atoms with Crippen LogP contribution in [0.5, 0.6) is 0 Å². The molecule has 5 heteroatoms. The van der Waals surface area contributed by atoms with Crippen LogP contribution in [0.15, 0.2) is 30.5 Å². The molecule has 0 bridgehead atoms. The molecule has 0 radical (unpaired) electrons. The van der Waals surface area contributed by atoms with Gasteiger partial charge >= 0.3 is 0 Å². The van der Waals surface area contributed by atoms with Crippen LogP contribution in [0.25, 0.3) is 33.2 Å². The summed E-state index contributed by atoms with van der Waals surface area (Å²) in [5.41, 5.74) is 6.61. The number of H-pyrrole nitrogens is 2. The maximum Gasteiger partial charge on any atom is 0.185 e. The van der Waals surface area contributed by atoms with Gasteiger partial charge in [0.25, 0.3) is 0 Å². The van der Waals surface area contributed by atoms with Gasteiger partial charge in [-0.25, -0.2) is 4.98 Å². The molecule has 3 heterocycles. The summed E-state index contributed by atoms with van der Waals surface area (Å²) in [6.07, 6.45) is 3.70. The van der Waals surface area contributed by atoms with Crippen LogP contribution < -0.4 is 0 Å². The quantitative estimate of drug-likeness (QED) is 0.511. The van der Waals surface area contributed by atoms with E-state index in [2.05, 4.69) is 44.7 Å². The number of nitrogens with zero attached hydrogens (tertiary/aromatic N) is 3. The molecule has 20 heavy (non-hydrogen) atoms. The van der Waals surface area contributed by atoms with Gasteiger partial charge in [-0.15, -0.1) is 5.10 Å². The number of nitrogens with one attached hydrogen (secondary N) is 2. The fourth-order valence-electron chi connectivity index (χ4n) is 3.18. The number of aryl methyl sites for hydroxylation is 2. The summed E-state index contributed by atoms with van der Waals surface area (Å²) in [5.74, 6) is 0. The molecular formula is C15H11N5. The lowest BCUT2D eigenvalue weighted by atomic mass is 10.0. The highest BCUT2D eigenvalue weighted by atomic mass is 15.2. The van der Waals surface area contributed by atoms with E-state index in [1.165, 1.54) is 16.5 Å². The summed E-state index contributed by atoms with van der Waals surface area (Å²) in [4.78, 5) is 4.70. The molecule has 0 saturated carbocycles. The van der Waals surface area contributed by atoms with Crippen molar-refractivity contribution in [1.82, 2.24) is 25.4 Å². The SMILES string of the molecule is c1ccc2c(c1)CCc1nc3nncc3c3[nH][nH]c-2c13. The van der Waals surface area contributed by atoms with E-state index in [-0.39, 0.29) is 0 Å². The highest BCUT2D eigenvalue weighted by molar-refractivity contribution is 6.08. The van der Waals surface area contributed by atoms with Crippen LogP contribution in [0.3, 0.4) is 0 Å². The van der Waals surface area contributed by atoms with E-state index < -0.39 is 0 Å². The minimum Gasteiger partial charge on any atom is -0.299 e. The number of hydrogen-bond donors (Lipinski definition) is 2. The van der Waals surface area contributed by atoms with Gasteiger partial charge in [-0.05, 0) is 18.4 Å². The topological polar surface area (TPSA) is 70.2 Å². The third-order valence-corrected chi connectivity index (χ3v) is 4.11. The van der Waals surface area contributed by atoms with Gasteiger partial charge in [-0.1, -0.05) is 24.3 Å². The van der Waals surface area contributed by atoms with Crippen LogP contribution >= 0.6 is 0 Å². The third kappa shape index (κ3) is 1.15. The number of benzene rings is 1. The van der Waals surface area contributed by atoms with Crippen molar-refractivity contribution < 1.29 is 0 Å². The minimum absolute atomic E-state index is 0.722. The Bertz CT molecular complexity index is 963. The predicted octanol–water partition coefficient (Wildman–Crippen LogP) is 2.60. The molecule has 0 spiro atoms. The summed E-state index contributed by atoms with van der Waals surface area (Å²) < 4.78 is 0. The van der Waals surface area contributed by atoms with Crippen LogP contribution in [0.2, 0.25) is 0 Å². The van der Waals surface area contributed by atoms with E-state index in [1.54, 1.807) is 6.20 Å². The standard InChI is InChI=1S/C15H11N5/c1-2-4-9-8(3-1)5-6-11-12-13(9)18-19-14(12)10-7-16-20-15(10)17-11/h1-4,7,18-19H,5-6H2. The Balaban J connectivity index is 2.00. The van der Waals surface area contributed by atoms with E-state index >= 15 is 0 Å². The average molecular weight is 261 g/mol. The molecule has 0 amide bonds. The number of pyridine rings is 1. The van der Waals surface area contributed by atoms with Crippen LogP contribution in [0.1, 0.15) is 11.3 Å². The van der Waals surface area contributed by atoms with Crippen molar-refractivity contribution in [2.24, 2.45) is 0 Å². The molecule has 0 unspecified atom stereocenters. The first-order chi connectivity index (χ1) is 9.92. The van der Waals surface area contributed by atoms with Crippen molar-refractivity contribution in [3.8, 4) is 11.3 Å². The van der Waals surface area contributed by atoms with E-state index in [1.807, 2.05) is 0 Å². The molecule has 5 rings (SSSR count). The molecule has 5 nitrogen and oxygen atoms in total. The molecule has 4 aromatic rings. The van der Waals surface area contributed by atoms with Gasteiger partial charge in [-0.2, -0.15) is 5.10 Å². The zero-order valence-corrected chi connectivity index (χ0v) is 10.6. The molecule has 1 aliphatic carbocycles. The summed E-state index contributed by atoms with van der Waals surface area (Å²) in [6, 6.07) is 8.52. The van der Waals surface area contributed by atoms with Crippen LogP contribution in [0.4, 0.5) is 0 Å². The van der Waals surface area contributed by atoms with E-state index in [0.717, 1.165) is 40.8 Å². The van der Waals surface area contributed by atoms with Gasteiger partial charge < -0.3 is 0 Å². The molecule has 1 aromatic carbocycles. The van der Waals surface area contributed by atoms with Crippen molar-refractivity contribution in [1.29, 1.82) is 0 Å². The van der Waals surface area contributed by atoms with Gasteiger partial charge in [0.1, 0.15) is 0 Å². The predicted molar refractivity (Wildman–Crippen MR) is 76.4 cm³/mol. The van der Waals surface area contributed by atoms with Crippen LogP contribution in [-0.2, 0) is 12.8 Å². The zero-order chi connectivity index (χ0) is 13.1. The van der Waals surface area contributed by atoms with Crippen molar-refractivity contribution in [3.63, 3.8) is 0 Å². The summed E-state index contributed by atoms with van der Waals surface area (Å²) in [5, 5.41) is 16.8. The third-order valence-electron chi connectivity index (χ3n) is 4.11. The van der Waals surface area contributed by atoms with Crippen molar-refractivity contribution in [2.45, 2.75) is 12.8 Å². The zero-order valence-electron chi connectivity index (χ0n) is 10.6. The van der Waals surface area contributed by atoms with Gasteiger partial charge in [0, 0.05) is 10.9 Å². The second kappa shape index (κ2) is 3.45. The number of aromatic amines is 2. The fraction of sp³-hybridized carbons (Fsp3) is 0.133. The first kappa shape index (κ1) is 10.1. The van der Waals surface area contributed by atoms with E-state index in [9.17, 15) is 0 Å². The number of rotatable bonds is 0. The lowest BCUT2D eigenvalue weighted by molar-refractivity contribution is 0.935. The maximum absolute atomic E-state index is 4.70. The second-order valence-electron chi connectivity index (χ2n) is 5.17. The van der Waals surface area contributed by atoms with Crippen molar-refractivity contribution >= 4 is 21.9 Å². The Labute approximate surface area is 114 Å². The molecule has 0 fully saturated rings. The van der Waals surface area contributed by atoms with E-state index in [0.29, 0.717) is 0 Å². The molecule has 0 aliphatic heterocycles. The monoisotopic (exact) mass is 261 g/mol. The average Bonchev–Trinajstić information content (AvgIpc) is 3.07. The van der Waals surface area contributed by atoms with E-state index in [4.69, 9.17) is 4.98 Å². The Morgan fingerprint density at radius 3 is 3.00 bits per heavy atom. The molecule has 0 saturated heterocycles. The van der Waals surface area contributed by atoms with Crippen LogP contribution in [0, 0.1) is 0 Å². The molecule has 3 aromatic heterocycles. The molecule has 2 N–H and O–H groups in total. The molecular weight excluding hydrogens is 250 g/mol. The Kier molecular flexibility index (Phi) is 1.75. The van der Waals surface area contributed by atoms with Gasteiger partial charge in [-0.3, -0.25) is 10.2 Å². The first-order valence-corrected chi connectivity index (χ1v) is 6.70. The summed E-state index contributed by atoms with van der Waals surface area (Å²) in [6.45, 7) is 0. The number of aromatic nitrogens is 5. The molecule has 1 aliphatic rings. The summed E-state index contributed by atoms with van der Waals surface area (Å²) >= 11 is 0. The van der Waals surface area contributed by atoms with Crippen LogP contribution in [-0.4, -0.2) is 25.4 Å². The van der Waals surface area contributed by atoms with Crippen molar-refractivity contribution in [3.05, 3.63) is 41.7 Å².